The molecule has 0 bridgehead atoms. The molecular weight excluding hydrogens is 400 g/mol. The van der Waals surface area contributed by atoms with Crippen molar-refractivity contribution in [2.45, 2.75) is 0 Å². The number of nitrogens with zero attached hydrogens (tertiary/aromatic N) is 3. The highest BCUT2D eigenvalue weighted by atomic mass is 16.5. The molecular formula is C22H22N4O5. The Bertz CT molecular complexity index is 1370. The Morgan fingerprint density at radius 2 is 1.71 bits per heavy atom. The van der Waals surface area contributed by atoms with Gasteiger partial charge in [-0.25, -0.2) is 4.98 Å². The fourth-order valence-electron chi connectivity index (χ4n) is 3.47. The molecule has 0 atom stereocenters. The summed E-state index contributed by atoms with van der Waals surface area (Å²) in [5.74, 6) is -1.76. The standard InChI is InChI=1S/C22H22N4O5/c1-30-16-13-24-20(31-2)18-17(16)15(12-23-18)19(27)22(29)26-10-8-25(9-11-26)21(28)14-6-4-3-5-7-14/h3-7,12-13,23H,8-11H2,1-2H3/i3D,4D,5D,6D,7D. The van der Waals surface area contributed by atoms with Crippen LogP contribution in [0.2, 0.25) is 0 Å². The number of carbonyl (C=O) groups is 3. The van der Waals surface area contributed by atoms with Gasteiger partial charge in [-0.1, -0.05) is 18.1 Å². The fraction of sp³-hybridized carbons (Fsp3) is 0.273. The Hall–Kier alpha value is -3.88. The lowest BCUT2D eigenvalue weighted by Crippen LogP contribution is -2.52. The largest absolute Gasteiger partial charge is 0.494 e. The normalized spacial score (nSPS) is 16.1. The molecule has 1 N–H and O–H groups in total. The first-order valence-corrected chi connectivity index (χ1v) is 9.40. The van der Waals surface area contributed by atoms with E-state index in [1.807, 2.05) is 0 Å². The summed E-state index contributed by atoms with van der Waals surface area (Å²) in [6.45, 7) is 0.0998. The number of aromatic amines is 1. The fourth-order valence-corrected chi connectivity index (χ4v) is 3.47. The maximum absolute atomic E-state index is 13.1. The number of hydrogen-bond donors (Lipinski definition) is 1. The molecule has 160 valence electrons. The van der Waals surface area contributed by atoms with E-state index in [4.69, 9.17) is 16.3 Å². The third-order valence-electron chi connectivity index (χ3n) is 5.06. The summed E-state index contributed by atoms with van der Waals surface area (Å²) in [7, 11) is 2.84. The number of ketones is 1. The molecule has 2 amide bonds. The van der Waals surface area contributed by atoms with Crippen molar-refractivity contribution < 1.29 is 30.7 Å². The van der Waals surface area contributed by atoms with Crippen LogP contribution in [-0.4, -0.2) is 77.8 Å². The monoisotopic (exact) mass is 427 g/mol. The summed E-state index contributed by atoms with van der Waals surface area (Å²) in [5.41, 5.74) is 0.0671. The first-order valence-electron chi connectivity index (χ1n) is 11.9. The summed E-state index contributed by atoms with van der Waals surface area (Å²) in [4.78, 5) is 48.7. The van der Waals surface area contributed by atoms with Crippen molar-refractivity contribution in [2.24, 2.45) is 0 Å². The van der Waals surface area contributed by atoms with Crippen molar-refractivity contribution in [3.8, 4) is 11.6 Å². The molecule has 0 unspecified atom stereocenters. The van der Waals surface area contributed by atoms with E-state index in [2.05, 4.69) is 9.97 Å². The van der Waals surface area contributed by atoms with Crippen LogP contribution in [0.1, 0.15) is 27.6 Å². The second-order valence-electron chi connectivity index (χ2n) is 6.70. The van der Waals surface area contributed by atoms with Gasteiger partial charge < -0.3 is 24.3 Å². The van der Waals surface area contributed by atoms with Gasteiger partial charge in [0.05, 0.1) is 38.2 Å². The van der Waals surface area contributed by atoms with Crippen LogP contribution in [-0.2, 0) is 4.79 Å². The molecule has 1 aromatic carbocycles. The van der Waals surface area contributed by atoms with E-state index in [9.17, 15) is 14.4 Å². The van der Waals surface area contributed by atoms with Crippen LogP contribution >= 0.6 is 0 Å². The van der Waals surface area contributed by atoms with Crippen molar-refractivity contribution in [3.05, 3.63) is 53.7 Å². The summed E-state index contributed by atoms with van der Waals surface area (Å²) in [6, 6.07) is -2.95. The van der Waals surface area contributed by atoms with Gasteiger partial charge in [0.1, 0.15) is 11.3 Å². The van der Waals surface area contributed by atoms with Crippen LogP contribution in [0.5, 0.6) is 11.6 Å². The molecule has 1 saturated heterocycles. The van der Waals surface area contributed by atoms with Crippen molar-refractivity contribution in [1.29, 1.82) is 0 Å². The smallest absolute Gasteiger partial charge is 0.295 e. The van der Waals surface area contributed by atoms with E-state index >= 15 is 0 Å². The second kappa shape index (κ2) is 8.47. The van der Waals surface area contributed by atoms with Crippen LogP contribution < -0.4 is 9.47 Å². The molecule has 1 aliphatic heterocycles. The lowest BCUT2D eigenvalue weighted by atomic mass is 10.1. The number of ether oxygens (including phenoxy) is 2. The molecule has 9 heteroatoms. The molecule has 0 aliphatic carbocycles. The Balaban J connectivity index is 1.52. The average Bonchev–Trinajstić information content (AvgIpc) is 3.35. The molecule has 3 aromatic rings. The van der Waals surface area contributed by atoms with Gasteiger partial charge in [0, 0.05) is 37.9 Å². The number of carbonyl (C=O) groups excluding carboxylic acids is 3. The van der Waals surface area contributed by atoms with Gasteiger partial charge in [-0.2, -0.15) is 0 Å². The highest BCUT2D eigenvalue weighted by Crippen LogP contribution is 2.33. The van der Waals surface area contributed by atoms with Gasteiger partial charge in [-0.05, 0) is 12.1 Å². The molecule has 9 nitrogen and oxygen atoms in total. The quantitative estimate of drug-likeness (QED) is 0.491. The number of rotatable bonds is 5. The minimum atomic E-state index is -0.779. The number of hydrogen-bond acceptors (Lipinski definition) is 6. The third-order valence-corrected chi connectivity index (χ3v) is 5.06. The molecule has 0 saturated carbocycles. The van der Waals surface area contributed by atoms with Crippen LogP contribution in [0.4, 0.5) is 0 Å². The van der Waals surface area contributed by atoms with Gasteiger partial charge in [-0.15, -0.1) is 0 Å². The molecule has 0 radical (unpaired) electrons. The second-order valence-corrected chi connectivity index (χ2v) is 6.70. The first kappa shape index (κ1) is 15.0. The summed E-state index contributed by atoms with van der Waals surface area (Å²) >= 11 is 0. The summed E-state index contributed by atoms with van der Waals surface area (Å²) in [6.07, 6.45) is 2.77. The minimum absolute atomic E-state index is 0.0228. The van der Waals surface area contributed by atoms with E-state index in [1.54, 1.807) is 0 Å². The number of fused-ring (bicyclic) bond motifs is 1. The molecule has 1 fully saturated rings. The number of amides is 2. The van der Waals surface area contributed by atoms with Crippen LogP contribution in [0.25, 0.3) is 10.9 Å². The van der Waals surface area contributed by atoms with Gasteiger partial charge in [0.2, 0.25) is 5.88 Å². The van der Waals surface area contributed by atoms with Gasteiger partial charge in [0.15, 0.2) is 0 Å². The number of nitrogens with one attached hydrogen (secondary N) is 1. The number of benzene rings is 1. The molecule has 2 aromatic heterocycles. The molecule has 1 aliphatic rings. The number of aromatic nitrogens is 2. The van der Waals surface area contributed by atoms with E-state index in [-0.39, 0.29) is 43.4 Å². The SMILES string of the molecule is [2H]c1c([2H])c([2H])c(C(=O)N2CCN(C(=O)C(=O)c3c[nH]c4c(OC)ncc(OC)c34)CC2)c([2H])c1[2H]. The van der Waals surface area contributed by atoms with Crippen molar-refractivity contribution in [3.63, 3.8) is 0 Å². The summed E-state index contributed by atoms with van der Waals surface area (Å²) < 4.78 is 49.7. The Labute approximate surface area is 185 Å². The molecule has 4 rings (SSSR count). The van der Waals surface area contributed by atoms with Crippen LogP contribution in [0, 0.1) is 0 Å². The van der Waals surface area contributed by atoms with Gasteiger partial charge in [-0.3, -0.25) is 14.4 Å². The molecule has 3 heterocycles. The Kier molecular flexibility index (Phi) is 4.10. The maximum Gasteiger partial charge on any atom is 0.295 e. The third kappa shape index (κ3) is 3.70. The maximum atomic E-state index is 13.1. The highest BCUT2D eigenvalue weighted by Gasteiger charge is 2.31. The molecule has 0 spiro atoms. The minimum Gasteiger partial charge on any atom is -0.494 e. The average molecular weight is 427 g/mol. The van der Waals surface area contributed by atoms with E-state index in [0.29, 0.717) is 10.9 Å². The number of Topliss-reactive ketones (excluding diaryl/α,β-unsaturated/α-hetero) is 1. The van der Waals surface area contributed by atoms with E-state index in [1.165, 1.54) is 36.4 Å². The van der Waals surface area contributed by atoms with Crippen LogP contribution in [0.3, 0.4) is 0 Å². The number of H-pyrrole nitrogens is 1. The zero-order valence-electron chi connectivity index (χ0n) is 21.9. The van der Waals surface area contributed by atoms with E-state index < -0.39 is 53.4 Å². The predicted molar refractivity (Wildman–Crippen MR) is 112 cm³/mol. The Morgan fingerprint density at radius 3 is 2.35 bits per heavy atom. The lowest BCUT2D eigenvalue weighted by molar-refractivity contribution is -0.127. The predicted octanol–water partition coefficient (Wildman–Crippen LogP) is 1.75. The summed E-state index contributed by atoms with van der Waals surface area (Å²) in [5, 5.41) is 0.359. The van der Waals surface area contributed by atoms with Crippen molar-refractivity contribution >= 4 is 28.5 Å². The lowest BCUT2D eigenvalue weighted by Gasteiger charge is -2.34. The Morgan fingerprint density at radius 1 is 1.03 bits per heavy atom. The van der Waals surface area contributed by atoms with E-state index in [0.717, 1.165) is 0 Å². The van der Waals surface area contributed by atoms with Crippen molar-refractivity contribution in [2.75, 3.05) is 40.4 Å². The topological polar surface area (TPSA) is 105 Å². The van der Waals surface area contributed by atoms with Crippen molar-refractivity contribution in [1.82, 2.24) is 19.8 Å². The zero-order valence-corrected chi connectivity index (χ0v) is 16.9. The molecule has 31 heavy (non-hydrogen) atoms. The van der Waals surface area contributed by atoms with Gasteiger partial charge in [0.25, 0.3) is 17.6 Å². The van der Waals surface area contributed by atoms with Crippen LogP contribution in [0.15, 0.2) is 42.6 Å². The number of pyridine rings is 1. The first-order chi connectivity index (χ1) is 17.1. The number of methoxy groups -OCH3 is 2. The van der Waals surface area contributed by atoms with Gasteiger partial charge >= 0.3 is 0 Å². The highest BCUT2D eigenvalue weighted by molar-refractivity contribution is 6.45. The number of piperazine rings is 1. The zero-order chi connectivity index (χ0) is 26.3.